The molecule has 0 radical (unpaired) electrons. The molecule has 0 spiro atoms. The molecule has 0 amide bonds. The zero-order chi connectivity index (χ0) is 13.0. The summed E-state index contributed by atoms with van der Waals surface area (Å²) in [5.41, 5.74) is 6.08. The highest BCUT2D eigenvalue weighted by Crippen LogP contribution is 2.24. The fourth-order valence-corrected chi connectivity index (χ4v) is 1.60. The molecule has 0 bridgehead atoms. The van der Waals surface area contributed by atoms with E-state index in [9.17, 15) is 0 Å². The normalized spacial score (nSPS) is 11.3. The van der Waals surface area contributed by atoms with E-state index < -0.39 is 0 Å². The van der Waals surface area contributed by atoms with Crippen molar-refractivity contribution < 1.29 is 9.94 Å². The second kappa shape index (κ2) is 5.42. The highest BCUT2D eigenvalue weighted by molar-refractivity contribution is 6.30. The number of amidine groups is 1. The average Bonchev–Trinajstić information content (AvgIpc) is 2.39. The van der Waals surface area contributed by atoms with Crippen LogP contribution in [0.25, 0.3) is 0 Å². The van der Waals surface area contributed by atoms with Crippen molar-refractivity contribution in [3.8, 4) is 11.5 Å². The van der Waals surface area contributed by atoms with Crippen LogP contribution >= 0.6 is 11.6 Å². The van der Waals surface area contributed by atoms with E-state index >= 15 is 0 Å². The molecule has 0 aromatic heterocycles. The summed E-state index contributed by atoms with van der Waals surface area (Å²) in [6, 6.07) is 14.0. The van der Waals surface area contributed by atoms with Crippen LogP contribution in [0.5, 0.6) is 11.5 Å². The van der Waals surface area contributed by atoms with Crippen LogP contribution in [0.15, 0.2) is 53.7 Å². The van der Waals surface area contributed by atoms with Crippen LogP contribution < -0.4 is 10.5 Å². The maximum Gasteiger partial charge on any atom is 0.170 e. The van der Waals surface area contributed by atoms with Gasteiger partial charge in [-0.25, -0.2) is 0 Å². The summed E-state index contributed by atoms with van der Waals surface area (Å²) < 4.78 is 5.60. The lowest BCUT2D eigenvalue weighted by Gasteiger charge is -2.06. The molecule has 0 aliphatic heterocycles. The number of hydrogen-bond donors (Lipinski definition) is 2. The van der Waals surface area contributed by atoms with Gasteiger partial charge in [0.2, 0.25) is 0 Å². The van der Waals surface area contributed by atoms with Crippen LogP contribution in [0.2, 0.25) is 5.02 Å². The molecular weight excluding hydrogens is 252 g/mol. The smallest absolute Gasteiger partial charge is 0.170 e. The van der Waals surface area contributed by atoms with Gasteiger partial charge >= 0.3 is 0 Å². The molecular formula is C13H11ClN2O2. The van der Waals surface area contributed by atoms with Gasteiger partial charge in [0.25, 0.3) is 0 Å². The molecule has 2 rings (SSSR count). The van der Waals surface area contributed by atoms with Crippen LogP contribution in [0.1, 0.15) is 5.56 Å². The van der Waals surface area contributed by atoms with Gasteiger partial charge < -0.3 is 15.7 Å². The van der Waals surface area contributed by atoms with Gasteiger partial charge in [-0.15, -0.1) is 0 Å². The fourth-order valence-electron chi connectivity index (χ4n) is 1.42. The summed E-state index contributed by atoms with van der Waals surface area (Å²) in [6.07, 6.45) is 0. The Balaban J connectivity index is 2.16. The zero-order valence-corrected chi connectivity index (χ0v) is 10.1. The van der Waals surface area contributed by atoms with Crippen molar-refractivity contribution in [3.05, 3.63) is 59.1 Å². The fraction of sp³-hybridized carbons (Fsp3) is 0. The standard InChI is InChI=1S/C13H11ClN2O2/c14-10-2-1-3-12(8-10)18-11-6-4-9(5-7-11)13(15)16-17/h1-8,17H,(H2,15,16). The first kappa shape index (κ1) is 12.3. The third kappa shape index (κ3) is 2.93. The molecule has 0 aliphatic carbocycles. The van der Waals surface area contributed by atoms with Gasteiger partial charge in [-0.05, 0) is 42.5 Å². The van der Waals surface area contributed by atoms with Gasteiger partial charge in [-0.2, -0.15) is 0 Å². The van der Waals surface area contributed by atoms with Gasteiger partial charge in [0.05, 0.1) is 0 Å². The van der Waals surface area contributed by atoms with Crippen molar-refractivity contribution in [3.63, 3.8) is 0 Å². The highest BCUT2D eigenvalue weighted by Gasteiger charge is 2.01. The molecule has 18 heavy (non-hydrogen) atoms. The first-order valence-corrected chi connectivity index (χ1v) is 5.58. The third-order valence-corrected chi connectivity index (χ3v) is 2.52. The Morgan fingerprint density at radius 1 is 1.11 bits per heavy atom. The minimum absolute atomic E-state index is 0.0595. The number of benzene rings is 2. The molecule has 5 heteroatoms. The summed E-state index contributed by atoms with van der Waals surface area (Å²) in [5.74, 6) is 1.36. The van der Waals surface area contributed by atoms with Crippen LogP contribution in [0.4, 0.5) is 0 Å². The van der Waals surface area contributed by atoms with Crippen LogP contribution in [0, 0.1) is 0 Å². The Morgan fingerprint density at radius 2 is 1.83 bits per heavy atom. The predicted octanol–water partition coefficient (Wildman–Crippen LogP) is 3.23. The number of rotatable bonds is 3. The van der Waals surface area contributed by atoms with Crippen LogP contribution in [0.3, 0.4) is 0 Å². The Morgan fingerprint density at radius 3 is 2.44 bits per heavy atom. The van der Waals surface area contributed by atoms with Crippen molar-refractivity contribution in [1.82, 2.24) is 0 Å². The molecule has 0 aliphatic rings. The van der Waals surface area contributed by atoms with E-state index in [0.29, 0.717) is 22.1 Å². The minimum atomic E-state index is 0.0595. The monoisotopic (exact) mass is 262 g/mol. The highest BCUT2D eigenvalue weighted by atomic mass is 35.5. The van der Waals surface area contributed by atoms with Gasteiger partial charge in [0.1, 0.15) is 11.5 Å². The SMILES string of the molecule is N/C(=N\O)c1ccc(Oc2cccc(Cl)c2)cc1. The first-order valence-electron chi connectivity index (χ1n) is 5.20. The summed E-state index contributed by atoms with van der Waals surface area (Å²) in [5, 5.41) is 12.1. The number of nitrogens with zero attached hydrogens (tertiary/aromatic N) is 1. The molecule has 0 saturated carbocycles. The van der Waals surface area contributed by atoms with Crippen molar-refractivity contribution in [2.24, 2.45) is 10.9 Å². The van der Waals surface area contributed by atoms with Crippen molar-refractivity contribution >= 4 is 17.4 Å². The molecule has 92 valence electrons. The molecule has 0 fully saturated rings. The van der Waals surface area contributed by atoms with E-state index in [-0.39, 0.29) is 5.84 Å². The maximum absolute atomic E-state index is 8.54. The third-order valence-electron chi connectivity index (χ3n) is 2.29. The summed E-state index contributed by atoms with van der Waals surface area (Å²) in [4.78, 5) is 0. The van der Waals surface area contributed by atoms with E-state index in [0.717, 1.165) is 0 Å². The van der Waals surface area contributed by atoms with E-state index in [1.807, 2.05) is 12.1 Å². The second-order valence-corrected chi connectivity index (χ2v) is 4.01. The number of oxime groups is 1. The van der Waals surface area contributed by atoms with E-state index in [2.05, 4.69) is 5.16 Å². The summed E-state index contributed by atoms with van der Waals surface area (Å²) in [6.45, 7) is 0. The van der Waals surface area contributed by atoms with E-state index in [1.54, 1.807) is 36.4 Å². The summed E-state index contributed by atoms with van der Waals surface area (Å²) >= 11 is 5.86. The number of halogens is 1. The minimum Gasteiger partial charge on any atom is -0.457 e. The van der Waals surface area contributed by atoms with Crippen molar-refractivity contribution in [2.75, 3.05) is 0 Å². The van der Waals surface area contributed by atoms with Gasteiger partial charge in [0, 0.05) is 10.6 Å². The Labute approximate surface area is 109 Å². The molecule has 4 nitrogen and oxygen atoms in total. The molecule has 0 heterocycles. The maximum atomic E-state index is 8.54. The quantitative estimate of drug-likeness (QED) is 0.386. The molecule has 0 atom stereocenters. The zero-order valence-electron chi connectivity index (χ0n) is 9.38. The van der Waals surface area contributed by atoms with Crippen LogP contribution in [-0.4, -0.2) is 11.0 Å². The molecule has 2 aromatic rings. The molecule has 2 aromatic carbocycles. The molecule has 0 unspecified atom stereocenters. The largest absolute Gasteiger partial charge is 0.457 e. The predicted molar refractivity (Wildman–Crippen MR) is 70.5 cm³/mol. The number of hydrogen-bond acceptors (Lipinski definition) is 3. The van der Waals surface area contributed by atoms with Crippen molar-refractivity contribution in [1.29, 1.82) is 0 Å². The lowest BCUT2D eigenvalue weighted by Crippen LogP contribution is -2.12. The number of nitrogens with two attached hydrogens (primary N) is 1. The van der Waals surface area contributed by atoms with Gasteiger partial charge in [-0.1, -0.05) is 22.8 Å². The van der Waals surface area contributed by atoms with Crippen LogP contribution in [-0.2, 0) is 0 Å². The van der Waals surface area contributed by atoms with Gasteiger partial charge in [0.15, 0.2) is 5.84 Å². The van der Waals surface area contributed by atoms with Gasteiger partial charge in [-0.3, -0.25) is 0 Å². The molecule has 0 saturated heterocycles. The second-order valence-electron chi connectivity index (χ2n) is 3.57. The topological polar surface area (TPSA) is 67.8 Å². The average molecular weight is 263 g/mol. The molecule has 3 N–H and O–H groups in total. The lowest BCUT2D eigenvalue weighted by molar-refractivity contribution is 0.318. The Bertz CT molecular complexity index is 567. The van der Waals surface area contributed by atoms with E-state index in [1.165, 1.54) is 0 Å². The summed E-state index contributed by atoms with van der Waals surface area (Å²) in [7, 11) is 0. The first-order chi connectivity index (χ1) is 8.69. The lowest BCUT2D eigenvalue weighted by atomic mass is 10.2. The Hall–Kier alpha value is -2.20. The Kier molecular flexibility index (Phi) is 3.69. The van der Waals surface area contributed by atoms with Crippen molar-refractivity contribution in [2.45, 2.75) is 0 Å². The van der Waals surface area contributed by atoms with E-state index in [4.69, 9.17) is 27.3 Å². The number of ether oxygens (including phenoxy) is 1.